The van der Waals surface area contributed by atoms with Crippen LogP contribution in [0.3, 0.4) is 0 Å². The first kappa shape index (κ1) is 13.6. The standard InChI is InChI=1S/C13H20ClN3O/c1-9(2)13(4-5-13)8-15-11-6-10(14)16-12(17-11)7-18-3/h6,9H,4-5,7-8H2,1-3H3,(H,15,16,17). The molecule has 0 radical (unpaired) electrons. The highest BCUT2D eigenvalue weighted by Crippen LogP contribution is 2.51. The number of hydrogen-bond donors (Lipinski definition) is 1. The summed E-state index contributed by atoms with van der Waals surface area (Å²) in [6.45, 7) is 5.88. The number of ether oxygens (including phenoxy) is 1. The van der Waals surface area contributed by atoms with Crippen molar-refractivity contribution in [3.8, 4) is 0 Å². The largest absolute Gasteiger partial charge is 0.377 e. The Morgan fingerprint density at radius 2 is 2.17 bits per heavy atom. The summed E-state index contributed by atoms with van der Waals surface area (Å²) in [7, 11) is 1.62. The first-order chi connectivity index (χ1) is 8.55. The van der Waals surface area contributed by atoms with E-state index in [0.29, 0.717) is 28.9 Å². The molecule has 0 atom stereocenters. The van der Waals surface area contributed by atoms with Gasteiger partial charge in [0.05, 0.1) is 0 Å². The molecule has 1 aliphatic carbocycles. The SMILES string of the molecule is COCc1nc(Cl)cc(NCC2(C(C)C)CC2)n1. The molecule has 0 unspecified atom stereocenters. The molecule has 4 nitrogen and oxygen atoms in total. The van der Waals surface area contributed by atoms with E-state index in [1.165, 1.54) is 12.8 Å². The van der Waals surface area contributed by atoms with Gasteiger partial charge in [0.15, 0.2) is 5.82 Å². The maximum atomic E-state index is 5.97. The minimum atomic E-state index is 0.380. The van der Waals surface area contributed by atoms with Gasteiger partial charge < -0.3 is 10.1 Å². The minimum absolute atomic E-state index is 0.380. The summed E-state index contributed by atoms with van der Waals surface area (Å²) in [5, 5.41) is 3.83. The number of nitrogens with zero attached hydrogens (tertiary/aromatic N) is 2. The van der Waals surface area contributed by atoms with Gasteiger partial charge in [-0.15, -0.1) is 0 Å². The second kappa shape index (κ2) is 5.41. The van der Waals surface area contributed by atoms with Crippen molar-refractivity contribution in [3.63, 3.8) is 0 Å². The molecule has 1 aliphatic rings. The lowest BCUT2D eigenvalue weighted by atomic mass is 9.92. The summed E-state index contributed by atoms with van der Waals surface area (Å²) in [6.07, 6.45) is 2.59. The third-order valence-corrected chi connectivity index (χ3v) is 3.95. The average Bonchev–Trinajstić information content (AvgIpc) is 3.07. The number of methoxy groups -OCH3 is 1. The van der Waals surface area contributed by atoms with E-state index in [2.05, 4.69) is 29.1 Å². The van der Waals surface area contributed by atoms with E-state index in [0.717, 1.165) is 12.4 Å². The predicted molar refractivity (Wildman–Crippen MR) is 72.7 cm³/mol. The van der Waals surface area contributed by atoms with Gasteiger partial charge in [-0.2, -0.15) is 0 Å². The van der Waals surface area contributed by atoms with E-state index >= 15 is 0 Å². The van der Waals surface area contributed by atoms with Gasteiger partial charge in [0.25, 0.3) is 0 Å². The topological polar surface area (TPSA) is 47.0 Å². The lowest BCUT2D eigenvalue weighted by Crippen LogP contribution is -2.21. The number of halogens is 1. The zero-order valence-electron chi connectivity index (χ0n) is 11.2. The Balaban J connectivity index is 2.01. The summed E-state index contributed by atoms with van der Waals surface area (Å²) >= 11 is 5.97. The third kappa shape index (κ3) is 3.12. The summed E-state index contributed by atoms with van der Waals surface area (Å²) < 4.78 is 5.02. The van der Waals surface area contributed by atoms with Crippen LogP contribution in [0, 0.1) is 11.3 Å². The second-order valence-electron chi connectivity index (χ2n) is 5.30. The molecule has 0 bridgehead atoms. The van der Waals surface area contributed by atoms with Crippen LogP contribution in [0.2, 0.25) is 5.15 Å². The number of anilines is 1. The quantitative estimate of drug-likeness (QED) is 0.806. The molecule has 100 valence electrons. The van der Waals surface area contributed by atoms with Gasteiger partial charge in [-0.3, -0.25) is 0 Å². The highest BCUT2D eigenvalue weighted by molar-refractivity contribution is 6.29. The van der Waals surface area contributed by atoms with Crippen molar-refractivity contribution in [1.29, 1.82) is 0 Å². The first-order valence-electron chi connectivity index (χ1n) is 6.32. The minimum Gasteiger partial charge on any atom is -0.377 e. The van der Waals surface area contributed by atoms with Crippen LogP contribution in [0.5, 0.6) is 0 Å². The molecule has 2 rings (SSSR count). The summed E-state index contributed by atoms with van der Waals surface area (Å²) in [5.74, 6) is 2.09. The molecule has 1 saturated carbocycles. The first-order valence-corrected chi connectivity index (χ1v) is 6.70. The summed E-state index contributed by atoms with van der Waals surface area (Å²) in [4.78, 5) is 8.49. The van der Waals surface area contributed by atoms with Gasteiger partial charge in [-0.1, -0.05) is 25.4 Å². The van der Waals surface area contributed by atoms with Crippen LogP contribution in [0.25, 0.3) is 0 Å². The number of rotatable bonds is 6. The Kier molecular flexibility index (Phi) is 4.07. The molecule has 1 aromatic rings. The molecule has 0 aromatic carbocycles. The fraction of sp³-hybridized carbons (Fsp3) is 0.692. The van der Waals surface area contributed by atoms with E-state index in [-0.39, 0.29) is 0 Å². The monoisotopic (exact) mass is 269 g/mol. The third-order valence-electron chi connectivity index (χ3n) is 3.75. The Labute approximate surface area is 113 Å². The van der Waals surface area contributed by atoms with Crippen molar-refractivity contribution in [2.24, 2.45) is 11.3 Å². The Morgan fingerprint density at radius 3 is 2.72 bits per heavy atom. The van der Waals surface area contributed by atoms with Crippen LogP contribution < -0.4 is 5.32 Å². The molecule has 0 aliphatic heterocycles. The van der Waals surface area contributed by atoms with Crippen molar-refractivity contribution in [2.75, 3.05) is 19.0 Å². The Bertz CT molecular complexity index is 419. The average molecular weight is 270 g/mol. The van der Waals surface area contributed by atoms with E-state index in [9.17, 15) is 0 Å². The van der Waals surface area contributed by atoms with Crippen LogP contribution >= 0.6 is 11.6 Å². The molecular formula is C13H20ClN3O. The summed E-state index contributed by atoms with van der Waals surface area (Å²) in [6, 6.07) is 1.76. The van der Waals surface area contributed by atoms with Crippen LogP contribution in [-0.2, 0) is 11.3 Å². The van der Waals surface area contributed by atoms with E-state index in [1.807, 2.05) is 0 Å². The van der Waals surface area contributed by atoms with Gasteiger partial charge in [0.2, 0.25) is 0 Å². The van der Waals surface area contributed by atoms with E-state index in [1.54, 1.807) is 13.2 Å². The smallest absolute Gasteiger partial charge is 0.158 e. The molecule has 5 heteroatoms. The maximum Gasteiger partial charge on any atom is 0.158 e. The molecule has 0 spiro atoms. The van der Waals surface area contributed by atoms with Crippen molar-refractivity contribution in [3.05, 3.63) is 17.0 Å². The maximum absolute atomic E-state index is 5.97. The fourth-order valence-corrected chi connectivity index (χ4v) is 2.34. The molecule has 1 aromatic heterocycles. The normalized spacial score (nSPS) is 16.9. The van der Waals surface area contributed by atoms with Gasteiger partial charge in [-0.25, -0.2) is 9.97 Å². The molecule has 0 amide bonds. The Hall–Kier alpha value is -0.870. The highest BCUT2D eigenvalue weighted by Gasteiger charge is 2.44. The zero-order valence-corrected chi connectivity index (χ0v) is 11.9. The second-order valence-corrected chi connectivity index (χ2v) is 5.68. The van der Waals surface area contributed by atoms with Crippen molar-refractivity contribution in [1.82, 2.24) is 9.97 Å². The molecule has 1 heterocycles. The van der Waals surface area contributed by atoms with Gasteiger partial charge in [-0.05, 0) is 24.2 Å². The van der Waals surface area contributed by atoms with Crippen molar-refractivity contribution >= 4 is 17.4 Å². The molecule has 1 N–H and O–H groups in total. The molecular weight excluding hydrogens is 250 g/mol. The van der Waals surface area contributed by atoms with Crippen LogP contribution in [0.15, 0.2) is 6.07 Å². The fourth-order valence-electron chi connectivity index (χ4n) is 2.13. The zero-order chi connectivity index (χ0) is 13.2. The van der Waals surface area contributed by atoms with E-state index in [4.69, 9.17) is 16.3 Å². The Morgan fingerprint density at radius 1 is 1.44 bits per heavy atom. The van der Waals surface area contributed by atoms with Crippen molar-refractivity contribution < 1.29 is 4.74 Å². The predicted octanol–water partition coefficient (Wildman–Crippen LogP) is 3.12. The van der Waals surface area contributed by atoms with Crippen LogP contribution in [0.4, 0.5) is 5.82 Å². The van der Waals surface area contributed by atoms with Crippen molar-refractivity contribution in [2.45, 2.75) is 33.3 Å². The van der Waals surface area contributed by atoms with Gasteiger partial charge in [0, 0.05) is 19.7 Å². The highest BCUT2D eigenvalue weighted by atomic mass is 35.5. The molecule has 18 heavy (non-hydrogen) atoms. The van der Waals surface area contributed by atoms with Crippen LogP contribution in [0.1, 0.15) is 32.5 Å². The summed E-state index contributed by atoms with van der Waals surface area (Å²) in [5.41, 5.74) is 0.443. The molecule has 1 fully saturated rings. The lowest BCUT2D eigenvalue weighted by Gasteiger charge is -2.20. The number of hydrogen-bond acceptors (Lipinski definition) is 4. The van der Waals surface area contributed by atoms with E-state index < -0.39 is 0 Å². The number of nitrogens with one attached hydrogen (secondary N) is 1. The van der Waals surface area contributed by atoms with Gasteiger partial charge in [0.1, 0.15) is 17.6 Å². The molecule has 0 saturated heterocycles. The lowest BCUT2D eigenvalue weighted by molar-refractivity contribution is 0.178. The van der Waals surface area contributed by atoms with Crippen LogP contribution in [-0.4, -0.2) is 23.6 Å². The number of aromatic nitrogens is 2. The van der Waals surface area contributed by atoms with Gasteiger partial charge >= 0.3 is 0 Å².